The number of hydrogen-bond donors (Lipinski definition) is 1. The van der Waals surface area contributed by atoms with Crippen molar-refractivity contribution in [3.05, 3.63) is 29.3 Å². The van der Waals surface area contributed by atoms with Crippen LogP contribution in [0.3, 0.4) is 0 Å². The maximum atomic E-state index is 5.56. The van der Waals surface area contributed by atoms with Crippen LogP contribution in [0.1, 0.15) is 11.1 Å². The first-order valence-corrected chi connectivity index (χ1v) is 5.84. The Balaban J connectivity index is 2.27. The molecule has 1 heterocycles. The molecule has 0 saturated heterocycles. The van der Waals surface area contributed by atoms with Crippen molar-refractivity contribution in [2.75, 3.05) is 20.1 Å². The van der Waals surface area contributed by atoms with Crippen molar-refractivity contribution in [1.82, 2.24) is 4.90 Å². The highest BCUT2D eigenvalue weighted by Crippen LogP contribution is 2.21. The molecule has 2 nitrogen and oxygen atoms in total. The first kappa shape index (κ1) is 10.0. The molecule has 76 valence electrons. The Morgan fingerprint density at radius 2 is 1.93 bits per heavy atom. The Bertz CT molecular complexity index is 325. The molecule has 0 unspecified atom stereocenters. The lowest BCUT2D eigenvalue weighted by atomic mass is 10.0. The Morgan fingerprint density at radius 1 is 1.21 bits per heavy atom. The van der Waals surface area contributed by atoms with Crippen LogP contribution in [0.2, 0.25) is 0 Å². The van der Waals surface area contributed by atoms with Crippen LogP contribution in [0.5, 0.6) is 0 Å². The molecule has 14 heavy (non-hydrogen) atoms. The average Bonchev–Trinajstić information content (AvgIpc) is 2.40. The lowest BCUT2D eigenvalue weighted by molar-refractivity contribution is 0.352. The van der Waals surface area contributed by atoms with E-state index in [2.05, 4.69) is 30.1 Å². The van der Waals surface area contributed by atoms with Crippen LogP contribution in [0.25, 0.3) is 0 Å². The summed E-state index contributed by atoms with van der Waals surface area (Å²) in [5.41, 5.74) is 2.97. The molecule has 0 spiro atoms. The number of hydrogen-bond acceptors (Lipinski definition) is 3. The van der Waals surface area contributed by atoms with Crippen LogP contribution < -0.4 is 5.14 Å². The molecular formula is C11H16N2S. The fraction of sp³-hybridized carbons (Fsp3) is 0.455. The minimum Gasteiger partial charge on any atom is -0.306 e. The summed E-state index contributed by atoms with van der Waals surface area (Å²) in [5, 5.41) is 5.56. The Kier molecular flexibility index (Phi) is 3.11. The van der Waals surface area contributed by atoms with E-state index >= 15 is 0 Å². The van der Waals surface area contributed by atoms with Gasteiger partial charge in [0.25, 0.3) is 0 Å². The molecule has 0 fully saturated rings. The van der Waals surface area contributed by atoms with E-state index in [4.69, 9.17) is 5.14 Å². The molecule has 0 amide bonds. The van der Waals surface area contributed by atoms with E-state index in [-0.39, 0.29) is 0 Å². The lowest BCUT2D eigenvalue weighted by Gasteiger charge is -2.10. The molecule has 2 rings (SSSR count). The number of likely N-dealkylation sites (N-methyl/N-ethyl adjacent to an activating group) is 1. The second kappa shape index (κ2) is 4.34. The van der Waals surface area contributed by atoms with E-state index < -0.39 is 0 Å². The summed E-state index contributed by atoms with van der Waals surface area (Å²) in [4.78, 5) is 3.56. The third-order valence-corrected chi connectivity index (χ3v) is 3.37. The van der Waals surface area contributed by atoms with Gasteiger partial charge in [0, 0.05) is 18.0 Å². The van der Waals surface area contributed by atoms with Crippen LogP contribution >= 0.6 is 11.9 Å². The third kappa shape index (κ3) is 2.11. The average molecular weight is 208 g/mol. The molecule has 0 aromatic heterocycles. The highest BCUT2D eigenvalue weighted by atomic mass is 32.2. The Labute approximate surface area is 89.6 Å². The fourth-order valence-corrected chi connectivity index (χ4v) is 2.24. The number of nitrogens with two attached hydrogens (primary N) is 1. The molecule has 0 bridgehead atoms. The summed E-state index contributed by atoms with van der Waals surface area (Å²) < 4.78 is 0. The first-order valence-electron chi connectivity index (χ1n) is 4.96. The standard InChI is InChI=1S/C11H16N2S/c1-13-6-4-9-2-3-11(14-12)8-10(9)5-7-13/h2-3,8H,4-7,12H2,1H3. The largest absolute Gasteiger partial charge is 0.306 e. The molecule has 2 N–H and O–H groups in total. The minimum absolute atomic E-state index is 1.15. The Morgan fingerprint density at radius 3 is 2.64 bits per heavy atom. The smallest absolute Gasteiger partial charge is 0.0228 e. The van der Waals surface area contributed by atoms with Crippen LogP contribution in [-0.2, 0) is 12.8 Å². The Hall–Kier alpha value is -0.510. The fourth-order valence-electron chi connectivity index (χ4n) is 1.89. The van der Waals surface area contributed by atoms with E-state index in [1.54, 1.807) is 0 Å². The van der Waals surface area contributed by atoms with E-state index in [0.717, 1.165) is 13.0 Å². The molecule has 1 aromatic rings. The topological polar surface area (TPSA) is 29.3 Å². The van der Waals surface area contributed by atoms with Crippen molar-refractivity contribution in [2.24, 2.45) is 5.14 Å². The summed E-state index contributed by atoms with van der Waals surface area (Å²) in [6.45, 7) is 2.33. The number of fused-ring (bicyclic) bond motifs is 1. The van der Waals surface area contributed by atoms with Gasteiger partial charge in [0.15, 0.2) is 0 Å². The van der Waals surface area contributed by atoms with Crippen molar-refractivity contribution in [1.29, 1.82) is 0 Å². The van der Waals surface area contributed by atoms with Crippen molar-refractivity contribution in [3.8, 4) is 0 Å². The molecule has 0 radical (unpaired) electrons. The second-order valence-corrected chi connectivity index (χ2v) is 4.56. The third-order valence-electron chi connectivity index (χ3n) is 2.84. The molecule has 1 aromatic carbocycles. The van der Waals surface area contributed by atoms with Crippen molar-refractivity contribution >= 4 is 11.9 Å². The zero-order valence-corrected chi connectivity index (χ0v) is 9.31. The summed E-state index contributed by atoms with van der Waals surface area (Å²) in [5.74, 6) is 0. The SMILES string of the molecule is CN1CCc2ccc(SN)cc2CC1. The van der Waals surface area contributed by atoms with Crippen LogP contribution in [0.4, 0.5) is 0 Å². The molecule has 0 saturated carbocycles. The number of benzene rings is 1. The van der Waals surface area contributed by atoms with Crippen LogP contribution in [0.15, 0.2) is 23.1 Å². The summed E-state index contributed by atoms with van der Waals surface area (Å²) in [6.07, 6.45) is 2.32. The van der Waals surface area contributed by atoms with Gasteiger partial charge in [-0.2, -0.15) is 0 Å². The summed E-state index contributed by atoms with van der Waals surface area (Å²) in [7, 11) is 2.18. The quantitative estimate of drug-likeness (QED) is 0.712. The van der Waals surface area contributed by atoms with Gasteiger partial charge in [-0.05, 0) is 55.1 Å². The van der Waals surface area contributed by atoms with Crippen LogP contribution in [0, 0.1) is 0 Å². The molecular weight excluding hydrogens is 192 g/mol. The van der Waals surface area contributed by atoms with Crippen LogP contribution in [-0.4, -0.2) is 25.0 Å². The predicted molar refractivity (Wildman–Crippen MR) is 61.4 cm³/mol. The van der Waals surface area contributed by atoms with E-state index in [0.29, 0.717) is 0 Å². The monoisotopic (exact) mass is 208 g/mol. The highest BCUT2D eigenvalue weighted by molar-refractivity contribution is 7.97. The van der Waals surface area contributed by atoms with Gasteiger partial charge in [-0.15, -0.1) is 0 Å². The highest BCUT2D eigenvalue weighted by Gasteiger charge is 2.10. The maximum absolute atomic E-state index is 5.56. The van der Waals surface area contributed by atoms with E-state index in [1.165, 1.54) is 40.9 Å². The van der Waals surface area contributed by atoms with E-state index in [1.807, 2.05) is 0 Å². The number of rotatable bonds is 1. The molecule has 3 heteroatoms. The maximum Gasteiger partial charge on any atom is 0.0228 e. The van der Waals surface area contributed by atoms with Gasteiger partial charge >= 0.3 is 0 Å². The van der Waals surface area contributed by atoms with E-state index in [9.17, 15) is 0 Å². The zero-order chi connectivity index (χ0) is 9.97. The minimum atomic E-state index is 1.15. The molecule has 1 aliphatic rings. The second-order valence-electron chi connectivity index (χ2n) is 3.85. The normalized spacial score (nSPS) is 17.6. The number of nitrogens with zero attached hydrogens (tertiary/aromatic N) is 1. The van der Waals surface area contributed by atoms with Gasteiger partial charge in [0.1, 0.15) is 0 Å². The first-order chi connectivity index (χ1) is 6.79. The summed E-state index contributed by atoms with van der Waals surface area (Å²) >= 11 is 1.34. The van der Waals surface area contributed by atoms with Gasteiger partial charge < -0.3 is 4.90 Å². The van der Waals surface area contributed by atoms with Crippen molar-refractivity contribution in [2.45, 2.75) is 17.7 Å². The summed E-state index contributed by atoms with van der Waals surface area (Å²) in [6, 6.07) is 6.58. The van der Waals surface area contributed by atoms with Gasteiger partial charge in [0.05, 0.1) is 0 Å². The zero-order valence-electron chi connectivity index (χ0n) is 8.49. The molecule has 1 aliphatic heterocycles. The van der Waals surface area contributed by atoms with Gasteiger partial charge in [-0.1, -0.05) is 6.07 Å². The van der Waals surface area contributed by atoms with Gasteiger partial charge in [0.2, 0.25) is 0 Å². The van der Waals surface area contributed by atoms with Gasteiger partial charge in [-0.25, -0.2) is 0 Å². The van der Waals surface area contributed by atoms with Gasteiger partial charge in [-0.3, -0.25) is 5.14 Å². The molecule has 0 atom stereocenters. The lowest BCUT2D eigenvalue weighted by Crippen LogP contribution is -2.20. The predicted octanol–water partition coefficient (Wildman–Crippen LogP) is 1.68. The van der Waals surface area contributed by atoms with Crippen molar-refractivity contribution < 1.29 is 0 Å². The molecule has 0 aliphatic carbocycles. The van der Waals surface area contributed by atoms with Crippen molar-refractivity contribution in [3.63, 3.8) is 0 Å².